The van der Waals surface area contributed by atoms with Crippen LogP contribution in [0.1, 0.15) is 65.2 Å². The van der Waals surface area contributed by atoms with Gasteiger partial charge in [-0.15, -0.1) is 0 Å². The minimum Gasteiger partial charge on any atom is -0.393 e. The molecule has 0 spiro atoms. The molecule has 21 heavy (non-hydrogen) atoms. The van der Waals surface area contributed by atoms with Crippen LogP contribution in [0.15, 0.2) is 11.6 Å². The fourth-order valence-corrected chi connectivity index (χ4v) is 6.41. The van der Waals surface area contributed by atoms with Crippen molar-refractivity contribution in [2.24, 2.45) is 28.6 Å². The predicted octanol–water partition coefficient (Wildman–Crippen LogP) is 3.88. The van der Waals surface area contributed by atoms with Crippen LogP contribution in [0.5, 0.6) is 0 Å². The van der Waals surface area contributed by atoms with Gasteiger partial charge in [0.1, 0.15) is 5.78 Å². The monoisotopic (exact) mass is 288 g/mol. The lowest BCUT2D eigenvalue weighted by Gasteiger charge is -2.56. The van der Waals surface area contributed by atoms with Crippen molar-refractivity contribution < 1.29 is 9.90 Å². The molecule has 0 aromatic heterocycles. The summed E-state index contributed by atoms with van der Waals surface area (Å²) in [5.74, 6) is 2.60. The molecule has 3 saturated carbocycles. The quantitative estimate of drug-likeness (QED) is 0.687. The van der Waals surface area contributed by atoms with E-state index in [0.29, 0.717) is 23.0 Å². The Hall–Kier alpha value is -0.630. The fraction of sp³-hybridized carbons (Fsp3) is 0.842. The molecular formula is C19H28O2. The molecule has 6 atom stereocenters. The molecule has 3 fully saturated rings. The molecule has 0 aliphatic heterocycles. The van der Waals surface area contributed by atoms with Gasteiger partial charge in [0.2, 0.25) is 0 Å². The van der Waals surface area contributed by atoms with Crippen LogP contribution in [0.3, 0.4) is 0 Å². The summed E-state index contributed by atoms with van der Waals surface area (Å²) in [4.78, 5) is 12.4. The van der Waals surface area contributed by atoms with Gasteiger partial charge in [0.25, 0.3) is 0 Å². The number of carbonyl (C=O) groups excluding carboxylic acids is 1. The summed E-state index contributed by atoms with van der Waals surface area (Å²) in [6, 6.07) is 0. The van der Waals surface area contributed by atoms with E-state index in [1.165, 1.54) is 12.0 Å². The first-order chi connectivity index (χ1) is 9.95. The van der Waals surface area contributed by atoms with Gasteiger partial charge in [-0.1, -0.05) is 25.5 Å². The van der Waals surface area contributed by atoms with Crippen molar-refractivity contribution in [1.29, 1.82) is 0 Å². The van der Waals surface area contributed by atoms with E-state index < -0.39 is 0 Å². The number of fused-ring (bicyclic) bond motifs is 5. The van der Waals surface area contributed by atoms with Crippen LogP contribution in [-0.4, -0.2) is 17.0 Å². The van der Waals surface area contributed by atoms with Crippen LogP contribution < -0.4 is 0 Å². The zero-order chi connectivity index (χ0) is 14.8. The van der Waals surface area contributed by atoms with E-state index in [0.717, 1.165) is 50.9 Å². The first kappa shape index (κ1) is 14.0. The van der Waals surface area contributed by atoms with E-state index in [2.05, 4.69) is 19.9 Å². The number of aliphatic hydroxyl groups is 1. The van der Waals surface area contributed by atoms with Gasteiger partial charge in [-0.25, -0.2) is 0 Å². The van der Waals surface area contributed by atoms with E-state index in [-0.39, 0.29) is 11.5 Å². The van der Waals surface area contributed by atoms with Crippen LogP contribution in [0.25, 0.3) is 0 Å². The lowest BCUT2D eigenvalue weighted by atomic mass is 9.48. The van der Waals surface area contributed by atoms with Crippen molar-refractivity contribution >= 4 is 5.78 Å². The van der Waals surface area contributed by atoms with Gasteiger partial charge in [0.15, 0.2) is 0 Å². The molecule has 2 nitrogen and oxygen atoms in total. The Labute approximate surface area is 128 Å². The molecule has 0 amide bonds. The Kier molecular flexibility index (Phi) is 2.96. The number of carbonyl (C=O) groups is 1. The van der Waals surface area contributed by atoms with Crippen LogP contribution in [0.2, 0.25) is 0 Å². The lowest BCUT2D eigenvalue weighted by molar-refractivity contribution is -0.132. The third-order valence-corrected chi connectivity index (χ3v) is 7.79. The largest absolute Gasteiger partial charge is 0.393 e. The van der Waals surface area contributed by atoms with Gasteiger partial charge in [-0.05, 0) is 68.1 Å². The molecule has 4 aliphatic carbocycles. The predicted molar refractivity (Wildman–Crippen MR) is 82.7 cm³/mol. The van der Waals surface area contributed by atoms with Crippen molar-refractivity contribution in [1.82, 2.24) is 0 Å². The van der Waals surface area contributed by atoms with Crippen LogP contribution >= 0.6 is 0 Å². The first-order valence-electron chi connectivity index (χ1n) is 8.86. The van der Waals surface area contributed by atoms with E-state index in [1.807, 2.05) is 0 Å². The second-order valence-corrected chi connectivity index (χ2v) is 8.57. The SMILES string of the molecule is C[C@@]12CC[C@@H]3[C@H](CC=C4C[C@@H](O)CC[C@@]43C)[C@H]1CCC2=O. The third-order valence-electron chi connectivity index (χ3n) is 7.79. The molecule has 4 rings (SSSR count). The highest BCUT2D eigenvalue weighted by Gasteiger charge is 2.58. The Morgan fingerprint density at radius 3 is 2.62 bits per heavy atom. The number of allylic oxidation sites excluding steroid dienone is 1. The number of hydrogen-bond donors (Lipinski definition) is 1. The van der Waals surface area contributed by atoms with Crippen molar-refractivity contribution in [3.63, 3.8) is 0 Å². The highest BCUT2D eigenvalue weighted by molar-refractivity contribution is 5.87. The van der Waals surface area contributed by atoms with Crippen LogP contribution in [0.4, 0.5) is 0 Å². The molecule has 0 heterocycles. The number of aliphatic hydroxyl groups excluding tert-OH is 1. The number of rotatable bonds is 0. The normalized spacial score (nSPS) is 52.7. The summed E-state index contributed by atoms with van der Waals surface area (Å²) in [6.45, 7) is 4.69. The van der Waals surface area contributed by atoms with Gasteiger partial charge in [0, 0.05) is 11.8 Å². The number of Topliss-reactive ketones (excluding diaryl/α,β-unsaturated/α-hetero) is 1. The maximum atomic E-state index is 12.4. The average molecular weight is 288 g/mol. The Balaban J connectivity index is 1.69. The van der Waals surface area contributed by atoms with E-state index in [4.69, 9.17) is 0 Å². The van der Waals surface area contributed by atoms with Gasteiger partial charge in [-0.3, -0.25) is 4.79 Å². The molecule has 2 heteroatoms. The van der Waals surface area contributed by atoms with Crippen molar-refractivity contribution in [2.45, 2.75) is 71.3 Å². The highest BCUT2D eigenvalue weighted by Crippen LogP contribution is 2.63. The molecule has 4 aliphatic rings. The van der Waals surface area contributed by atoms with Crippen molar-refractivity contribution in [3.05, 3.63) is 11.6 Å². The topological polar surface area (TPSA) is 37.3 Å². The summed E-state index contributed by atoms with van der Waals surface area (Å²) in [5, 5.41) is 10.00. The van der Waals surface area contributed by atoms with E-state index in [1.54, 1.807) is 0 Å². The van der Waals surface area contributed by atoms with Gasteiger partial charge >= 0.3 is 0 Å². The van der Waals surface area contributed by atoms with Crippen LogP contribution in [0, 0.1) is 28.6 Å². The number of hydrogen-bond acceptors (Lipinski definition) is 2. The lowest BCUT2D eigenvalue weighted by Crippen LogP contribution is -2.50. The summed E-state index contributed by atoms with van der Waals surface area (Å²) in [5.41, 5.74) is 1.81. The second kappa shape index (κ2) is 4.44. The zero-order valence-electron chi connectivity index (χ0n) is 13.4. The molecule has 1 N–H and O–H groups in total. The Morgan fingerprint density at radius 2 is 1.81 bits per heavy atom. The average Bonchev–Trinajstić information content (AvgIpc) is 2.76. The fourth-order valence-electron chi connectivity index (χ4n) is 6.41. The second-order valence-electron chi connectivity index (χ2n) is 8.57. The summed E-state index contributed by atoms with van der Waals surface area (Å²) < 4.78 is 0. The van der Waals surface area contributed by atoms with Crippen molar-refractivity contribution in [2.75, 3.05) is 0 Å². The summed E-state index contributed by atoms with van der Waals surface area (Å²) in [6.07, 6.45) is 10.7. The van der Waals surface area contributed by atoms with E-state index >= 15 is 0 Å². The molecule has 0 saturated heterocycles. The molecule has 0 aromatic carbocycles. The van der Waals surface area contributed by atoms with Crippen molar-refractivity contribution in [3.8, 4) is 0 Å². The third kappa shape index (κ3) is 1.78. The standard InChI is InChI=1S/C19H28O2/c1-18-9-7-13(20)11-12(18)3-4-14-15-5-6-17(21)19(15,2)10-8-16(14)18/h3,13-16,20H,4-11H2,1-2H3/t13-,14+,15+,16+,18-,19+/m0/s1. The van der Waals surface area contributed by atoms with E-state index in [9.17, 15) is 9.90 Å². The van der Waals surface area contributed by atoms with Gasteiger partial charge < -0.3 is 5.11 Å². The van der Waals surface area contributed by atoms with Gasteiger partial charge in [-0.2, -0.15) is 0 Å². The minimum absolute atomic E-state index is 0.0168. The van der Waals surface area contributed by atoms with Crippen LogP contribution in [-0.2, 0) is 4.79 Å². The molecule has 116 valence electrons. The molecular weight excluding hydrogens is 260 g/mol. The Morgan fingerprint density at radius 1 is 1.10 bits per heavy atom. The Bertz CT molecular complexity index is 508. The first-order valence-corrected chi connectivity index (χ1v) is 8.86. The summed E-state index contributed by atoms with van der Waals surface area (Å²) >= 11 is 0. The highest BCUT2D eigenvalue weighted by atomic mass is 16.3. The molecule has 0 aromatic rings. The molecule has 0 bridgehead atoms. The molecule has 0 radical (unpaired) electrons. The number of ketones is 1. The maximum absolute atomic E-state index is 12.4. The smallest absolute Gasteiger partial charge is 0.139 e. The van der Waals surface area contributed by atoms with Gasteiger partial charge in [0.05, 0.1) is 6.10 Å². The summed E-state index contributed by atoms with van der Waals surface area (Å²) in [7, 11) is 0. The molecule has 0 unspecified atom stereocenters. The zero-order valence-corrected chi connectivity index (χ0v) is 13.4. The minimum atomic E-state index is -0.122. The maximum Gasteiger partial charge on any atom is 0.139 e.